The highest BCUT2D eigenvalue weighted by Crippen LogP contribution is 2.25. The second-order valence-electron chi connectivity index (χ2n) is 4.40. The lowest BCUT2D eigenvalue weighted by molar-refractivity contribution is -0.145. The van der Waals surface area contributed by atoms with Gasteiger partial charge in [0.1, 0.15) is 18.0 Å². The second-order valence-corrected chi connectivity index (χ2v) is 4.40. The smallest absolute Gasteiger partial charge is 0.331 e. The van der Waals surface area contributed by atoms with Crippen LogP contribution in [0.4, 0.5) is 0 Å². The molecule has 8 heteroatoms. The zero-order valence-corrected chi connectivity index (χ0v) is 13.7. The van der Waals surface area contributed by atoms with Crippen molar-refractivity contribution in [2.75, 3.05) is 34.5 Å². The Morgan fingerprint density at radius 1 is 1.12 bits per heavy atom. The highest BCUT2D eigenvalue weighted by atomic mass is 16.5. The standard InChI is InChI=1S/C16H19NO7/c1-21-12-5-6-13(22-2)11(8-12)4-7-15(19)24-10-14(18)17-9-16(20)23-3/h4-8H,9-10H2,1-3H3,(H,17,18)/b7-4+. The van der Waals surface area contributed by atoms with E-state index in [-0.39, 0.29) is 6.54 Å². The fourth-order valence-corrected chi connectivity index (χ4v) is 1.61. The van der Waals surface area contributed by atoms with Crippen LogP contribution in [0.1, 0.15) is 5.56 Å². The molecule has 0 aliphatic heterocycles. The van der Waals surface area contributed by atoms with Crippen molar-refractivity contribution in [3.8, 4) is 11.5 Å². The lowest BCUT2D eigenvalue weighted by atomic mass is 10.1. The third-order valence-corrected chi connectivity index (χ3v) is 2.84. The Morgan fingerprint density at radius 2 is 1.88 bits per heavy atom. The summed E-state index contributed by atoms with van der Waals surface area (Å²) in [6.45, 7) is -0.793. The van der Waals surface area contributed by atoms with E-state index in [2.05, 4.69) is 10.1 Å². The average molecular weight is 337 g/mol. The predicted molar refractivity (Wildman–Crippen MR) is 84.6 cm³/mol. The van der Waals surface area contributed by atoms with Crippen molar-refractivity contribution in [1.82, 2.24) is 5.32 Å². The van der Waals surface area contributed by atoms with E-state index in [1.807, 2.05) is 0 Å². The molecule has 0 saturated heterocycles. The number of esters is 2. The molecule has 8 nitrogen and oxygen atoms in total. The molecule has 1 rings (SSSR count). The maximum Gasteiger partial charge on any atom is 0.331 e. The van der Waals surface area contributed by atoms with Crippen LogP contribution in [-0.4, -0.2) is 52.3 Å². The number of carbonyl (C=O) groups excluding carboxylic acids is 3. The highest BCUT2D eigenvalue weighted by molar-refractivity contribution is 5.90. The van der Waals surface area contributed by atoms with Crippen LogP contribution >= 0.6 is 0 Å². The van der Waals surface area contributed by atoms with E-state index in [1.54, 1.807) is 18.2 Å². The molecule has 0 bridgehead atoms. The molecule has 0 fully saturated rings. The first kappa shape index (κ1) is 19.0. The van der Waals surface area contributed by atoms with Gasteiger partial charge in [0.05, 0.1) is 21.3 Å². The molecule has 1 amide bonds. The molecule has 1 aromatic carbocycles. The number of nitrogens with one attached hydrogen (secondary N) is 1. The van der Waals surface area contributed by atoms with Crippen LogP contribution in [0, 0.1) is 0 Å². The van der Waals surface area contributed by atoms with E-state index >= 15 is 0 Å². The minimum Gasteiger partial charge on any atom is -0.497 e. The summed E-state index contributed by atoms with van der Waals surface area (Å²) in [5.41, 5.74) is 0.615. The van der Waals surface area contributed by atoms with Gasteiger partial charge in [0.15, 0.2) is 6.61 Å². The summed E-state index contributed by atoms with van der Waals surface area (Å²) in [5, 5.41) is 2.24. The topological polar surface area (TPSA) is 100 Å². The molecule has 0 atom stereocenters. The van der Waals surface area contributed by atoms with E-state index in [4.69, 9.17) is 14.2 Å². The number of methoxy groups -OCH3 is 3. The van der Waals surface area contributed by atoms with Crippen LogP contribution in [0.25, 0.3) is 6.08 Å². The predicted octanol–water partition coefficient (Wildman–Crippen LogP) is 0.549. The van der Waals surface area contributed by atoms with E-state index in [0.717, 1.165) is 6.08 Å². The number of ether oxygens (including phenoxy) is 4. The summed E-state index contributed by atoms with van der Waals surface area (Å²) in [6, 6.07) is 5.11. The molecule has 130 valence electrons. The fourth-order valence-electron chi connectivity index (χ4n) is 1.61. The van der Waals surface area contributed by atoms with Crippen molar-refractivity contribution in [2.45, 2.75) is 0 Å². The van der Waals surface area contributed by atoms with Crippen molar-refractivity contribution in [1.29, 1.82) is 0 Å². The Bertz CT molecular complexity index is 625. The van der Waals surface area contributed by atoms with E-state index in [0.29, 0.717) is 17.1 Å². The first-order valence-electron chi connectivity index (χ1n) is 6.90. The second kappa shape index (κ2) is 9.88. The molecule has 24 heavy (non-hydrogen) atoms. The van der Waals surface area contributed by atoms with Crippen LogP contribution in [0.3, 0.4) is 0 Å². The lowest BCUT2D eigenvalue weighted by Crippen LogP contribution is -2.33. The number of carbonyl (C=O) groups is 3. The SMILES string of the molecule is COC(=O)CNC(=O)COC(=O)/C=C/c1cc(OC)ccc1OC. The van der Waals surface area contributed by atoms with Crippen LogP contribution in [0.5, 0.6) is 11.5 Å². The number of benzene rings is 1. The van der Waals surface area contributed by atoms with Crippen molar-refractivity contribution < 1.29 is 33.3 Å². The van der Waals surface area contributed by atoms with Gasteiger partial charge < -0.3 is 24.3 Å². The quantitative estimate of drug-likeness (QED) is 0.546. The third kappa shape index (κ3) is 6.39. The molecule has 0 heterocycles. The van der Waals surface area contributed by atoms with Gasteiger partial charge in [-0.1, -0.05) is 0 Å². The molecule has 0 unspecified atom stereocenters. The summed E-state index contributed by atoms with van der Waals surface area (Å²) < 4.78 is 19.4. The van der Waals surface area contributed by atoms with Crippen LogP contribution < -0.4 is 14.8 Å². The number of amides is 1. The first-order chi connectivity index (χ1) is 11.5. The molecular formula is C16H19NO7. The van der Waals surface area contributed by atoms with Gasteiger partial charge in [0, 0.05) is 11.6 Å². The Kier molecular flexibility index (Phi) is 7.83. The maximum atomic E-state index is 11.6. The van der Waals surface area contributed by atoms with Gasteiger partial charge >= 0.3 is 11.9 Å². The van der Waals surface area contributed by atoms with Gasteiger partial charge in [-0.15, -0.1) is 0 Å². The molecule has 0 spiro atoms. The number of hydrogen-bond acceptors (Lipinski definition) is 7. The van der Waals surface area contributed by atoms with E-state index in [9.17, 15) is 14.4 Å². The largest absolute Gasteiger partial charge is 0.497 e. The zero-order valence-electron chi connectivity index (χ0n) is 13.7. The monoisotopic (exact) mass is 337 g/mol. The Balaban J connectivity index is 2.54. The summed E-state index contributed by atoms with van der Waals surface area (Å²) in [7, 11) is 4.23. The van der Waals surface area contributed by atoms with E-state index < -0.39 is 24.5 Å². The summed E-state index contributed by atoms with van der Waals surface area (Å²) in [4.78, 5) is 33.8. The first-order valence-corrected chi connectivity index (χ1v) is 6.90. The van der Waals surface area contributed by atoms with Gasteiger partial charge in [0.25, 0.3) is 5.91 Å². The minimum atomic E-state index is -0.715. The van der Waals surface area contributed by atoms with Crippen LogP contribution in [0.15, 0.2) is 24.3 Å². The summed E-state index contributed by atoms with van der Waals surface area (Å²) >= 11 is 0. The van der Waals surface area contributed by atoms with Gasteiger partial charge in [-0.05, 0) is 24.3 Å². The molecule has 0 aliphatic carbocycles. The Labute approximate surface area is 139 Å². The molecule has 0 radical (unpaired) electrons. The van der Waals surface area contributed by atoms with Crippen molar-refractivity contribution in [3.05, 3.63) is 29.8 Å². The van der Waals surface area contributed by atoms with Gasteiger partial charge in [0.2, 0.25) is 0 Å². The minimum absolute atomic E-state index is 0.288. The summed E-state index contributed by atoms with van der Waals surface area (Å²) in [6.07, 6.45) is 2.64. The molecular weight excluding hydrogens is 318 g/mol. The third-order valence-electron chi connectivity index (χ3n) is 2.84. The van der Waals surface area contributed by atoms with Crippen LogP contribution in [0.2, 0.25) is 0 Å². The Morgan fingerprint density at radius 3 is 2.50 bits per heavy atom. The lowest BCUT2D eigenvalue weighted by Gasteiger charge is -2.07. The molecule has 1 N–H and O–H groups in total. The Hall–Kier alpha value is -3.03. The number of hydrogen-bond donors (Lipinski definition) is 1. The van der Waals surface area contributed by atoms with Gasteiger partial charge in [-0.2, -0.15) is 0 Å². The molecule has 0 aromatic heterocycles. The molecule has 0 aliphatic rings. The van der Waals surface area contributed by atoms with Crippen molar-refractivity contribution >= 4 is 23.9 Å². The van der Waals surface area contributed by atoms with Gasteiger partial charge in [-0.25, -0.2) is 4.79 Å². The molecule has 1 aromatic rings. The fraction of sp³-hybridized carbons (Fsp3) is 0.312. The average Bonchev–Trinajstić information content (AvgIpc) is 2.62. The zero-order chi connectivity index (χ0) is 17.9. The summed E-state index contributed by atoms with van der Waals surface area (Å²) in [5.74, 6) is -0.768. The highest BCUT2D eigenvalue weighted by Gasteiger charge is 2.08. The van der Waals surface area contributed by atoms with E-state index in [1.165, 1.54) is 27.4 Å². The van der Waals surface area contributed by atoms with Gasteiger partial charge in [-0.3, -0.25) is 9.59 Å². The van der Waals surface area contributed by atoms with Crippen LogP contribution in [-0.2, 0) is 23.9 Å². The molecule has 0 saturated carbocycles. The van der Waals surface area contributed by atoms with Crippen molar-refractivity contribution in [2.24, 2.45) is 0 Å². The van der Waals surface area contributed by atoms with Crippen molar-refractivity contribution in [3.63, 3.8) is 0 Å². The normalized spacial score (nSPS) is 10.1. The number of rotatable bonds is 8. The maximum absolute atomic E-state index is 11.6.